The molecule has 184 valence electrons. The Kier molecular flexibility index (Phi) is 8.58. The SMILES string of the molecule is CN=c1scc(CN2CCN(C(=O)[C@H](NC(=O)Nc3ccc(I)cc3)c3ccccc3)CC2)n1C. The first-order valence-corrected chi connectivity index (χ1v) is 13.4. The first kappa shape index (κ1) is 25.4. The monoisotopic (exact) mass is 604 g/mol. The minimum atomic E-state index is -0.755. The number of piperazine rings is 1. The summed E-state index contributed by atoms with van der Waals surface area (Å²) in [6, 6.07) is 15.8. The summed E-state index contributed by atoms with van der Waals surface area (Å²) in [6.45, 7) is 3.60. The van der Waals surface area contributed by atoms with E-state index in [0.717, 1.165) is 33.6 Å². The molecule has 0 radical (unpaired) electrons. The van der Waals surface area contributed by atoms with Crippen LogP contribution in [0.15, 0.2) is 65.0 Å². The highest BCUT2D eigenvalue weighted by molar-refractivity contribution is 14.1. The Balaban J connectivity index is 1.40. The van der Waals surface area contributed by atoms with Gasteiger partial charge in [-0.1, -0.05) is 30.3 Å². The Morgan fingerprint density at radius 3 is 2.37 bits per heavy atom. The van der Waals surface area contributed by atoms with E-state index in [2.05, 4.69) is 53.1 Å². The standard InChI is InChI=1S/C25H29IN6O2S/c1-27-25-30(2)21(17-35-25)16-31-12-14-32(15-13-31)23(33)22(18-6-4-3-5-7-18)29-24(34)28-20-10-8-19(26)9-11-20/h3-11,17,22H,12-16H2,1-2H3,(H2,28,29,34)/t22-/m1/s1. The maximum Gasteiger partial charge on any atom is 0.320 e. The molecule has 0 aliphatic carbocycles. The van der Waals surface area contributed by atoms with Crippen LogP contribution in [0.3, 0.4) is 0 Å². The first-order chi connectivity index (χ1) is 16.9. The van der Waals surface area contributed by atoms with Crippen molar-refractivity contribution in [1.29, 1.82) is 0 Å². The highest BCUT2D eigenvalue weighted by Crippen LogP contribution is 2.19. The molecule has 1 aliphatic heterocycles. The van der Waals surface area contributed by atoms with Crippen molar-refractivity contribution < 1.29 is 9.59 Å². The summed E-state index contributed by atoms with van der Waals surface area (Å²) in [5, 5.41) is 7.86. The molecule has 3 aromatic rings. The van der Waals surface area contributed by atoms with E-state index in [4.69, 9.17) is 0 Å². The summed E-state index contributed by atoms with van der Waals surface area (Å²) in [5.74, 6) is -0.0956. The Morgan fingerprint density at radius 2 is 1.74 bits per heavy atom. The number of anilines is 1. The van der Waals surface area contributed by atoms with E-state index in [0.29, 0.717) is 18.8 Å². The second-order valence-electron chi connectivity index (χ2n) is 8.34. The topological polar surface area (TPSA) is 82.0 Å². The van der Waals surface area contributed by atoms with Crippen LogP contribution < -0.4 is 15.4 Å². The van der Waals surface area contributed by atoms with Gasteiger partial charge in [-0.25, -0.2) is 4.79 Å². The number of halogens is 1. The minimum Gasteiger partial charge on any atom is -0.338 e. The fourth-order valence-electron chi connectivity index (χ4n) is 4.05. The van der Waals surface area contributed by atoms with Crippen LogP contribution in [0, 0.1) is 3.57 Å². The molecule has 2 aromatic carbocycles. The number of nitrogens with one attached hydrogen (secondary N) is 2. The number of rotatable bonds is 6. The molecule has 2 N–H and O–H groups in total. The third-order valence-corrected chi connectivity index (χ3v) is 7.81. The minimum absolute atomic E-state index is 0.0956. The van der Waals surface area contributed by atoms with Gasteiger partial charge in [-0.05, 0) is 52.4 Å². The summed E-state index contributed by atoms with van der Waals surface area (Å²) in [7, 11) is 3.84. The number of hydrogen-bond acceptors (Lipinski definition) is 5. The molecule has 0 spiro atoms. The molecule has 2 heterocycles. The molecular weight excluding hydrogens is 575 g/mol. The number of carbonyl (C=O) groups is 2. The lowest BCUT2D eigenvalue weighted by Gasteiger charge is -2.36. The molecule has 1 aromatic heterocycles. The Hall–Kier alpha value is -2.70. The predicted octanol–water partition coefficient (Wildman–Crippen LogP) is 3.43. The molecule has 3 amide bonds. The fourth-order valence-corrected chi connectivity index (χ4v) is 5.26. The molecule has 1 aliphatic rings. The highest BCUT2D eigenvalue weighted by Gasteiger charge is 2.30. The van der Waals surface area contributed by atoms with Crippen molar-refractivity contribution in [2.75, 3.05) is 38.5 Å². The van der Waals surface area contributed by atoms with E-state index in [1.807, 2.05) is 66.5 Å². The summed E-state index contributed by atoms with van der Waals surface area (Å²) in [4.78, 5) is 35.8. The number of amides is 3. The van der Waals surface area contributed by atoms with E-state index in [-0.39, 0.29) is 5.91 Å². The lowest BCUT2D eigenvalue weighted by atomic mass is 10.1. The maximum absolute atomic E-state index is 13.5. The summed E-state index contributed by atoms with van der Waals surface area (Å²) in [5.41, 5.74) is 2.65. The largest absolute Gasteiger partial charge is 0.338 e. The molecule has 0 saturated carbocycles. The number of aromatic nitrogens is 1. The van der Waals surface area contributed by atoms with Crippen LogP contribution in [0.25, 0.3) is 0 Å². The molecule has 10 heteroatoms. The van der Waals surface area contributed by atoms with Gasteiger partial charge in [0, 0.05) is 67.2 Å². The van der Waals surface area contributed by atoms with E-state index in [9.17, 15) is 9.59 Å². The van der Waals surface area contributed by atoms with Gasteiger partial charge in [0.05, 0.1) is 0 Å². The third kappa shape index (κ3) is 6.50. The van der Waals surface area contributed by atoms with Crippen LogP contribution in [0.1, 0.15) is 17.3 Å². The van der Waals surface area contributed by atoms with E-state index in [1.165, 1.54) is 5.69 Å². The number of nitrogens with zero attached hydrogens (tertiary/aromatic N) is 4. The molecule has 8 nitrogen and oxygen atoms in total. The van der Waals surface area contributed by atoms with E-state index in [1.54, 1.807) is 18.4 Å². The van der Waals surface area contributed by atoms with Crippen LogP contribution in [-0.2, 0) is 18.4 Å². The lowest BCUT2D eigenvalue weighted by molar-refractivity contribution is -0.135. The van der Waals surface area contributed by atoms with Crippen molar-refractivity contribution in [3.8, 4) is 0 Å². The van der Waals surface area contributed by atoms with Gasteiger partial charge in [0.15, 0.2) is 4.80 Å². The molecular formula is C25H29IN6O2S. The van der Waals surface area contributed by atoms with Crippen LogP contribution in [-0.4, -0.2) is 59.5 Å². The quantitative estimate of drug-likeness (QED) is 0.424. The number of urea groups is 1. The first-order valence-electron chi connectivity index (χ1n) is 11.4. The van der Waals surface area contributed by atoms with Crippen LogP contribution in [0.2, 0.25) is 0 Å². The number of carbonyl (C=O) groups excluding carboxylic acids is 2. The Labute approximate surface area is 222 Å². The highest BCUT2D eigenvalue weighted by atomic mass is 127. The van der Waals surface area contributed by atoms with E-state index >= 15 is 0 Å². The van der Waals surface area contributed by atoms with Gasteiger partial charge in [-0.3, -0.25) is 14.7 Å². The third-order valence-electron chi connectivity index (χ3n) is 6.04. The molecule has 0 bridgehead atoms. The molecule has 0 unspecified atom stereocenters. The number of thiazole rings is 1. The summed E-state index contributed by atoms with van der Waals surface area (Å²) in [6.07, 6.45) is 0. The van der Waals surface area contributed by atoms with Crippen LogP contribution in [0.5, 0.6) is 0 Å². The average molecular weight is 605 g/mol. The molecule has 1 saturated heterocycles. The van der Waals surface area contributed by atoms with Gasteiger partial charge in [0.25, 0.3) is 0 Å². The van der Waals surface area contributed by atoms with Gasteiger partial charge >= 0.3 is 6.03 Å². The van der Waals surface area contributed by atoms with Gasteiger partial charge in [-0.15, -0.1) is 11.3 Å². The lowest BCUT2D eigenvalue weighted by Crippen LogP contribution is -2.52. The van der Waals surface area contributed by atoms with Crippen molar-refractivity contribution in [2.24, 2.45) is 12.0 Å². The van der Waals surface area contributed by atoms with Gasteiger partial charge < -0.3 is 20.1 Å². The van der Waals surface area contributed by atoms with Crippen molar-refractivity contribution in [1.82, 2.24) is 19.7 Å². The maximum atomic E-state index is 13.5. The zero-order chi connectivity index (χ0) is 24.8. The van der Waals surface area contributed by atoms with Gasteiger partial charge in [0.2, 0.25) is 5.91 Å². The fraction of sp³-hybridized carbons (Fsp3) is 0.320. The zero-order valence-corrected chi connectivity index (χ0v) is 22.8. The van der Waals surface area contributed by atoms with E-state index < -0.39 is 12.1 Å². The molecule has 1 fully saturated rings. The van der Waals surface area contributed by atoms with Crippen molar-refractivity contribution in [2.45, 2.75) is 12.6 Å². The Morgan fingerprint density at radius 1 is 1.06 bits per heavy atom. The zero-order valence-electron chi connectivity index (χ0n) is 19.8. The average Bonchev–Trinajstić information content (AvgIpc) is 3.23. The normalized spacial score (nSPS) is 15.6. The molecule has 4 rings (SSSR count). The van der Waals surface area contributed by atoms with Crippen LogP contribution >= 0.6 is 33.9 Å². The molecule has 35 heavy (non-hydrogen) atoms. The van der Waals surface area contributed by atoms with Gasteiger partial charge in [-0.2, -0.15) is 0 Å². The second kappa shape index (κ2) is 11.8. The van der Waals surface area contributed by atoms with Crippen LogP contribution in [0.4, 0.5) is 10.5 Å². The summed E-state index contributed by atoms with van der Waals surface area (Å²) >= 11 is 3.85. The molecule has 1 atom stereocenters. The van der Waals surface area contributed by atoms with Crippen molar-refractivity contribution in [3.63, 3.8) is 0 Å². The Bertz CT molecular complexity index is 1220. The smallest absolute Gasteiger partial charge is 0.320 e. The number of hydrogen-bond donors (Lipinski definition) is 2. The van der Waals surface area contributed by atoms with Crippen molar-refractivity contribution in [3.05, 3.63) is 79.6 Å². The second-order valence-corrected chi connectivity index (χ2v) is 10.4. The predicted molar refractivity (Wildman–Crippen MR) is 147 cm³/mol. The van der Waals surface area contributed by atoms with Gasteiger partial charge in [0.1, 0.15) is 6.04 Å². The van der Waals surface area contributed by atoms with Crippen molar-refractivity contribution >= 4 is 51.6 Å². The summed E-state index contributed by atoms with van der Waals surface area (Å²) < 4.78 is 3.20. The number of benzene rings is 2.